The second-order valence-electron chi connectivity index (χ2n) is 6.53. The van der Waals surface area contributed by atoms with Crippen molar-refractivity contribution in [1.82, 2.24) is 9.78 Å². The van der Waals surface area contributed by atoms with E-state index in [9.17, 15) is 0 Å². The first-order chi connectivity index (χ1) is 7.83. The fourth-order valence-corrected chi connectivity index (χ4v) is 2.86. The number of rotatable bonds is 1. The van der Waals surface area contributed by atoms with E-state index in [4.69, 9.17) is 5.73 Å². The Bertz CT molecular complexity index is 392. The Morgan fingerprint density at radius 2 is 1.82 bits per heavy atom. The van der Waals surface area contributed by atoms with Crippen LogP contribution in [-0.2, 0) is 18.0 Å². The molecule has 0 aliphatic heterocycles. The molecule has 1 fully saturated rings. The Kier molecular flexibility index (Phi) is 3.06. The van der Waals surface area contributed by atoms with Gasteiger partial charge in [-0.15, -0.1) is 0 Å². The minimum absolute atomic E-state index is 0.0699. The van der Waals surface area contributed by atoms with Crippen LogP contribution in [0.5, 0.6) is 0 Å². The molecule has 0 bridgehead atoms. The van der Waals surface area contributed by atoms with Crippen LogP contribution in [0.1, 0.15) is 64.1 Å². The molecule has 96 valence electrons. The molecule has 0 spiro atoms. The van der Waals surface area contributed by atoms with E-state index in [2.05, 4.69) is 32.1 Å². The van der Waals surface area contributed by atoms with Gasteiger partial charge in [0.25, 0.3) is 0 Å². The Hall–Kier alpha value is -0.830. The van der Waals surface area contributed by atoms with Crippen LogP contribution in [0.25, 0.3) is 0 Å². The third-order valence-electron chi connectivity index (χ3n) is 3.82. The van der Waals surface area contributed by atoms with Crippen molar-refractivity contribution in [3.05, 3.63) is 17.5 Å². The van der Waals surface area contributed by atoms with Gasteiger partial charge in [0.15, 0.2) is 0 Å². The van der Waals surface area contributed by atoms with Gasteiger partial charge in [-0.2, -0.15) is 5.10 Å². The van der Waals surface area contributed by atoms with Crippen molar-refractivity contribution >= 4 is 0 Å². The van der Waals surface area contributed by atoms with Crippen molar-refractivity contribution in [3.8, 4) is 0 Å². The van der Waals surface area contributed by atoms with E-state index in [-0.39, 0.29) is 11.0 Å². The standard InChI is InChI=1S/C14H25N3/c1-13(2,3)12-11(10-17(4)16-12)14(15)8-6-5-7-9-14/h10H,5-9,15H2,1-4H3. The lowest BCUT2D eigenvalue weighted by Gasteiger charge is -2.35. The maximum Gasteiger partial charge on any atom is 0.0728 e. The maximum atomic E-state index is 6.64. The molecule has 0 amide bonds. The summed E-state index contributed by atoms with van der Waals surface area (Å²) in [6.07, 6.45) is 8.14. The third-order valence-corrected chi connectivity index (χ3v) is 3.82. The smallest absolute Gasteiger partial charge is 0.0728 e. The topological polar surface area (TPSA) is 43.8 Å². The average Bonchev–Trinajstić information content (AvgIpc) is 2.62. The van der Waals surface area contributed by atoms with Crippen LogP contribution >= 0.6 is 0 Å². The largest absolute Gasteiger partial charge is 0.321 e. The van der Waals surface area contributed by atoms with Gasteiger partial charge < -0.3 is 5.73 Å². The molecular weight excluding hydrogens is 210 g/mol. The van der Waals surface area contributed by atoms with Crippen LogP contribution in [0.2, 0.25) is 0 Å². The molecule has 0 radical (unpaired) electrons. The molecule has 17 heavy (non-hydrogen) atoms. The number of nitrogens with two attached hydrogens (primary N) is 1. The van der Waals surface area contributed by atoms with Crippen LogP contribution in [-0.4, -0.2) is 9.78 Å². The van der Waals surface area contributed by atoms with E-state index >= 15 is 0 Å². The quantitative estimate of drug-likeness (QED) is 0.813. The SMILES string of the molecule is Cn1cc(C2(N)CCCCC2)c(C(C)(C)C)n1. The van der Waals surface area contributed by atoms with Gasteiger partial charge in [-0.1, -0.05) is 40.0 Å². The first-order valence-corrected chi connectivity index (χ1v) is 6.66. The van der Waals surface area contributed by atoms with Crippen LogP contribution in [0.4, 0.5) is 0 Å². The van der Waals surface area contributed by atoms with Crippen molar-refractivity contribution in [2.24, 2.45) is 12.8 Å². The zero-order chi connectivity index (χ0) is 12.7. The van der Waals surface area contributed by atoms with Gasteiger partial charge in [0.1, 0.15) is 0 Å². The predicted molar refractivity (Wildman–Crippen MR) is 70.9 cm³/mol. The van der Waals surface area contributed by atoms with Crippen molar-refractivity contribution in [2.75, 3.05) is 0 Å². The highest BCUT2D eigenvalue weighted by Crippen LogP contribution is 2.39. The van der Waals surface area contributed by atoms with Crippen LogP contribution < -0.4 is 5.73 Å². The molecule has 0 atom stereocenters. The Labute approximate surface area is 104 Å². The second kappa shape index (κ2) is 4.13. The molecule has 0 unspecified atom stereocenters. The number of aromatic nitrogens is 2. The summed E-state index contributed by atoms with van der Waals surface area (Å²) in [7, 11) is 1.99. The van der Waals surface area contributed by atoms with Gasteiger partial charge in [-0.3, -0.25) is 4.68 Å². The predicted octanol–water partition coefficient (Wildman–Crippen LogP) is 2.84. The Balaban J connectivity index is 2.43. The van der Waals surface area contributed by atoms with E-state index in [1.165, 1.54) is 30.5 Å². The molecule has 0 aromatic carbocycles. The van der Waals surface area contributed by atoms with E-state index in [1.54, 1.807) is 0 Å². The van der Waals surface area contributed by atoms with Gasteiger partial charge in [0, 0.05) is 29.8 Å². The van der Waals surface area contributed by atoms with E-state index in [1.807, 2.05) is 11.7 Å². The summed E-state index contributed by atoms with van der Waals surface area (Å²) in [6.45, 7) is 6.64. The van der Waals surface area contributed by atoms with Crippen molar-refractivity contribution in [1.29, 1.82) is 0 Å². The second-order valence-corrected chi connectivity index (χ2v) is 6.53. The minimum atomic E-state index is -0.144. The fourth-order valence-electron chi connectivity index (χ4n) is 2.86. The van der Waals surface area contributed by atoms with E-state index < -0.39 is 0 Å². The number of hydrogen-bond donors (Lipinski definition) is 1. The number of nitrogens with zero attached hydrogens (tertiary/aromatic N) is 2. The fraction of sp³-hybridized carbons (Fsp3) is 0.786. The van der Waals surface area contributed by atoms with E-state index in [0.717, 1.165) is 12.8 Å². The third kappa shape index (κ3) is 2.39. The minimum Gasteiger partial charge on any atom is -0.321 e. The molecule has 3 heteroatoms. The van der Waals surface area contributed by atoms with Crippen molar-refractivity contribution in [2.45, 2.75) is 63.8 Å². The van der Waals surface area contributed by atoms with Crippen molar-refractivity contribution in [3.63, 3.8) is 0 Å². The van der Waals surface area contributed by atoms with Gasteiger partial charge in [0.05, 0.1) is 5.69 Å². The Morgan fingerprint density at radius 3 is 2.35 bits per heavy atom. The molecule has 2 N–H and O–H groups in total. The molecule has 2 rings (SSSR count). The molecule has 1 aromatic rings. The molecule has 1 saturated carbocycles. The molecular formula is C14H25N3. The van der Waals surface area contributed by atoms with Crippen LogP contribution in [0, 0.1) is 0 Å². The summed E-state index contributed by atoms with van der Waals surface area (Å²) in [5.41, 5.74) is 9.01. The first-order valence-electron chi connectivity index (χ1n) is 6.66. The zero-order valence-corrected chi connectivity index (χ0v) is 11.6. The maximum absolute atomic E-state index is 6.64. The lowest BCUT2D eigenvalue weighted by molar-refractivity contribution is 0.297. The zero-order valence-electron chi connectivity index (χ0n) is 11.6. The monoisotopic (exact) mass is 235 g/mol. The van der Waals surface area contributed by atoms with Gasteiger partial charge in [-0.05, 0) is 12.8 Å². The summed E-state index contributed by atoms with van der Waals surface area (Å²) in [5, 5.41) is 4.64. The molecule has 3 nitrogen and oxygen atoms in total. The summed E-state index contributed by atoms with van der Waals surface area (Å²) < 4.78 is 1.92. The summed E-state index contributed by atoms with van der Waals surface area (Å²) >= 11 is 0. The van der Waals surface area contributed by atoms with E-state index in [0.29, 0.717) is 0 Å². The highest BCUT2D eigenvalue weighted by Gasteiger charge is 2.36. The van der Waals surface area contributed by atoms with Gasteiger partial charge in [-0.25, -0.2) is 0 Å². The number of aryl methyl sites for hydroxylation is 1. The van der Waals surface area contributed by atoms with Crippen LogP contribution in [0.3, 0.4) is 0 Å². The summed E-state index contributed by atoms with van der Waals surface area (Å²) in [6, 6.07) is 0. The first kappa shape index (κ1) is 12.6. The summed E-state index contributed by atoms with van der Waals surface area (Å²) in [4.78, 5) is 0. The normalized spacial score (nSPS) is 20.5. The lowest BCUT2D eigenvalue weighted by atomic mass is 9.74. The molecule has 0 saturated heterocycles. The molecule has 1 aliphatic carbocycles. The van der Waals surface area contributed by atoms with Crippen LogP contribution in [0.15, 0.2) is 6.20 Å². The average molecular weight is 235 g/mol. The van der Waals surface area contributed by atoms with Gasteiger partial charge in [0.2, 0.25) is 0 Å². The summed E-state index contributed by atoms with van der Waals surface area (Å²) in [5.74, 6) is 0. The lowest BCUT2D eigenvalue weighted by Crippen LogP contribution is -2.40. The molecule has 1 aliphatic rings. The molecule has 1 heterocycles. The highest BCUT2D eigenvalue weighted by molar-refractivity contribution is 5.31. The van der Waals surface area contributed by atoms with Gasteiger partial charge >= 0.3 is 0 Å². The number of hydrogen-bond acceptors (Lipinski definition) is 2. The Morgan fingerprint density at radius 1 is 1.24 bits per heavy atom. The molecule has 1 aromatic heterocycles. The van der Waals surface area contributed by atoms with Crippen molar-refractivity contribution < 1.29 is 0 Å². The highest BCUT2D eigenvalue weighted by atomic mass is 15.3.